The maximum Gasteiger partial charge on any atom is 0.229 e. The van der Waals surface area contributed by atoms with Gasteiger partial charge in [0.15, 0.2) is 0 Å². The number of aromatic nitrogens is 2. The molecule has 140 valence electrons. The van der Waals surface area contributed by atoms with Crippen molar-refractivity contribution < 1.29 is 9.59 Å². The molecule has 2 N–H and O–H groups in total. The number of carbonyl (C=O) groups is 2. The van der Waals surface area contributed by atoms with Crippen LogP contribution in [0.4, 0.5) is 5.69 Å². The Kier molecular flexibility index (Phi) is 5.58. The number of rotatable bonds is 6. The molecule has 3 rings (SSSR count). The predicted octanol–water partition coefficient (Wildman–Crippen LogP) is 3.65. The van der Waals surface area contributed by atoms with Crippen LogP contribution in [0.2, 0.25) is 5.02 Å². The summed E-state index contributed by atoms with van der Waals surface area (Å²) in [4.78, 5) is 34.6. The summed E-state index contributed by atoms with van der Waals surface area (Å²) in [6.45, 7) is 2.51. The molecule has 7 heteroatoms. The van der Waals surface area contributed by atoms with Gasteiger partial charge in [0, 0.05) is 35.1 Å². The van der Waals surface area contributed by atoms with E-state index in [1.54, 1.807) is 30.5 Å². The fourth-order valence-corrected chi connectivity index (χ4v) is 2.96. The summed E-state index contributed by atoms with van der Waals surface area (Å²) < 4.78 is 0. The normalized spacial score (nSPS) is 11.1. The van der Waals surface area contributed by atoms with Gasteiger partial charge in [-0.1, -0.05) is 11.6 Å². The minimum atomic E-state index is -0.283. The van der Waals surface area contributed by atoms with Gasteiger partial charge in [0.2, 0.25) is 11.7 Å². The lowest BCUT2D eigenvalue weighted by atomic mass is 10.1. The van der Waals surface area contributed by atoms with E-state index in [9.17, 15) is 9.59 Å². The Hall–Kier alpha value is -2.70. The molecule has 0 aliphatic rings. The minimum Gasteiger partial charge on any atom is -0.350 e. The first-order valence-electron chi connectivity index (χ1n) is 8.58. The molecule has 2 heterocycles. The molecule has 0 saturated heterocycles. The Morgan fingerprint density at radius 3 is 2.70 bits per heavy atom. The van der Waals surface area contributed by atoms with Gasteiger partial charge in [0.05, 0.1) is 5.69 Å². The van der Waals surface area contributed by atoms with Crippen molar-refractivity contribution in [3.63, 3.8) is 0 Å². The molecule has 0 fully saturated rings. The highest BCUT2D eigenvalue weighted by molar-refractivity contribution is 6.31. The van der Waals surface area contributed by atoms with E-state index in [2.05, 4.69) is 15.3 Å². The zero-order valence-electron chi connectivity index (χ0n) is 15.5. The number of halogens is 1. The van der Waals surface area contributed by atoms with Crippen molar-refractivity contribution in [2.24, 2.45) is 0 Å². The van der Waals surface area contributed by atoms with Crippen LogP contribution in [0.25, 0.3) is 10.9 Å². The number of nitrogens with one attached hydrogen (secondary N) is 2. The van der Waals surface area contributed by atoms with E-state index < -0.39 is 0 Å². The first-order valence-corrected chi connectivity index (χ1v) is 8.96. The number of hydrogen-bond acceptors (Lipinski definition) is 4. The van der Waals surface area contributed by atoms with Gasteiger partial charge in [-0.05, 0) is 56.9 Å². The second-order valence-corrected chi connectivity index (χ2v) is 7.15. The second-order valence-electron chi connectivity index (χ2n) is 6.71. The lowest BCUT2D eigenvalue weighted by Crippen LogP contribution is -2.21. The molecule has 0 saturated carbocycles. The first kappa shape index (κ1) is 19.1. The maximum absolute atomic E-state index is 13.0. The van der Waals surface area contributed by atoms with Gasteiger partial charge in [0.1, 0.15) is 11.4 Å². The predicted molar refractivity (Wildman–Crippen MR) is 108 cm³/mol. The van der Waals surface area contributed by atoms with Crippen molar-refractivity contribution in [1.29, 1.82) is 0 Å². The third-order valence-corrected chi connectivity index (χ3v) is 4.42. The number of pyridine rings is 1. The van der Waals surface area contributed by atoms with Gasteiger partial charge in [-0.15, -0.1) is 0 Å². The Morgan fingerprint density at radius 2 is 2.00 bits per heavy atom. The molecule has 0 aliphatic heterocycles. The Bertz CT molecular complexity index is 1010. The highest BCUT2D eigenvalue weighted by atomic mass is 35.5. The smallest absolute Gasteiger partial charge is 0.229 e. The van der Waals surface area contributed by atoms with Crippen molar-refractivity contribution in [3.8, 4) is 0 Å². The third kappa shape index (κ3) is 4.35. The van der Waals surface area contributed by atoms with Gasteiger partial charge >= 0.3 is 0 Å². The topological polar surface area (TPSA) is 78.1 Å². The molecular weight excluding hydrogens is 364 g/mol. The SMILES string of the molecule is Cc1ccnc(C(=O)c2[nH]c3cc(Cl)ccc3c2NC(=O)CCN(C)C)c1. The summed E-state index contributed by atoms with van der Waals surface area (Å²) in [7, 11) is 3.80. The Balaban J connectivity index is 2.03. The largest absolute Gasteiger partial charge is 0.350 e. The summed E-state index contributed by atoms with van der Waals surface area (Å²) in [6.07, 6.45) is 1.92. The van der Waals surface area contributed by atoms with Crippen LogP contribution < -0.4 is 5.32 Å². The van der Waals surface area contributed by atoms with Crippen LogP contribution in [-0.4, -0.2) is 47.2 Å². The maximum atomic E-state index is 13.0. The number of carbonyl (C=O) groups excluding carboxylic acids is 2. The summed E-state index contributed by atoms with van der Waals surface area (Å²) >= 11 is 6.08. The Morgan fingerprint density at radius 1 is 1.22 bits per heavy atom. The van der Waals surface area contributed by atoms with E-state index >= 15 is 0 Å². The zero-order chi connectivity index (χ0) is 19.6. The summed E-state index contributed by atoms with van der Waals surface area (Å²) in [5.41, 5.74) is 2.68. The molecule has 0 atom stereocenters. The number of fused-ring (bicyclic) bond motifs is 1. The van der Waals surface area contributed by atoms with Gasteiger partial charge in [-0.3, -0.25) is 14.6 Å². The van der Waals surface area contributed by atoms with Crippen LogP contribution in [-0.2, 0) is 4.79 Å². The van der Waals surface area contributed by atoms with Crippen molar-refractivity contribution in [1.82, 2.24) is 14.9 Å². The Labute approximate surface area is 162 Å². The number of ketones is 1. The van der Waals surface area contributed by atoms with E-state index in [0.29, 0.717) is 40.6 Å². The fraction of sp³-hybridized carbons (Fsp3) is 0.250. The molecule has 0 unspecified atom stereocenters. The lowest BCUT2D eigenvalue weighted by molar-refractivity contribution is -0.116. The standard InChI is InChI=1S/C20H21ClN4O2/c1-12-6-8-22-16(10-12)20(27)19-18(24-17(26)7-9-25(2)3)14-5-4-13(21)11-15(14)23-19/h4-6,8,10-11,23H,7,9H2,1-3H3,(H,24,26). The van der Waals surface area contributed by atoms with E-state index in [0.717, 1.165) is 10.9 Å². The number of amides is 1. The highest BCUT2D eigenvalue weighted by Gasteiger charge is 2.22. The number of aryl methyl sites for hydroxylation is 1. The van der Waals surface area contributed by atoms with E-state index in [4.69, 9.17) is 11.6 Å². The molecule has 0 radical (unpaired) electrons. The number of H-pyrrole nitrogens is 1. The van der Waals surface area contributed by atoms with Gasteiger partial charge < -0.3 is 15.2 Å². The zero-order valence-corrected chi connectivity index (χ0v) is 16.2. The van der Waals surface area contributed by atoms with Crippen LogP contribution in [0.1, 0.15) is 28.2 Å². The van der Waals surface area contributed by atoms with Gasteiger partial charge in [0.25, 0.3) is 0 Å². The first-order chi connectivity index (χ1) is 12.8. The molecule has 0 aliphatic carbocycles. The van der Waals surface area contributed by atoms with E-state index in [1.807, 2.05) is 32.0 Å². The van der Waals surface area contributed by atoms with Crippen LogP contribution in [0.15, 0.2) is 36.5 Å². The molecule has 3 aromatic rings. The van der Waals surface area contributed by atoms with Crippen LogP contribution >= 0.6 is 11.6 Å². The average Bonchev–Trinajstić information content (AvgIpc) is 2.96. The lowest BCUT2D eigenvalue weighted by Gasteiger charge is -2.10. The molecule has 6 nitrogen and oxygen atoms in total. The number of anilines is 1. The molecule has 0 spiro atoms. The van der Waals surface area contributed by atoms with Crippen molar-refractivity contribution in [3.05, 3.63) is 58.5 Å². The molecule has 2 aromatic heterocycles. The third-order valence-electron chi connectivity index (χ3n) is 4.19. The minimum absolute atomic E-state index is 0.161. The second kappa shape index (κ2) is 7.90. The van der Waals surface area contributed by atoms with E-state index in [1.165, 1.54) is 0 Å². The van der Waals surface area contributed by atoms with Gasteiger partial charge in [-0.25, -0.2) is 0 Å². The van der Waals surface area contributed by atoms with E-state index in [-0.39, 0.29) is 11.7 Å². The summed E-state index contributed by atoms with van der Waals surface area (Å²) in [6, 6.07) is 8.79. The van der Waals surface area contributed by atoms with Gasteiger partial charge in [-0.2, -0.15) is 0 Å². The molecular formula is C20H21ClN4O2. The number of aromatic amines is 1. The van der Waals surface area contributed by atoms with Crippen LogP contribution in [0.5, 0.6) is 0 Å². The monoisotopic (exact) mass is 384 g/mol. The summed E-state index contributed by atoms with van der Waals surface area (Å²) in [5, 5.41) is 4.16. The molecule has 27 heavy (non-hydrogen) atoms. The average molecular weight is 385 g/mol. The molecule has 1 aromatic carbocycles. The van der Waals surface area contributed by atoms with Crippen molar-refractivity contribution in [2.75, 3.05) is 26.0 Å². The van der Waals surface area contributed by atoms with Crippen LogP contribution in [0.3, 0.4) is 0 Å². The molecule has 1 amide bonds. The fourth-order valence-electron chi connectivity index (χ4n) is 2.79. The van der Waals surface area contributed by atoms with Crippen molar-refractivity contribution >= 4 is 39.9 Å². The molecule has 0 bridgehead atoms. The number of hydrogen-bond donors (Lipinski definition) is 2. The van der Waals surface area contributed by atoms with Crippen LogP contribution in [0, 0.1) is 6.92 Å². The highest BCUT2D eigenvalue weighted by Crippen LogP contribution is 2.31. The number of benzene rings is 1. The summed E-state index contributed by atoms with van der Waals surface area (Å²) in [5.74, 6) is -0.445. The van der Waals surface area contributed by atoms with Crippen molar-refractivity contribution in [2.45, 2.75) is 13.3 Å². The number of nitrogens with zero attached hydrogens (tertiary/aromatic N) is 2. The quantitative estimate of drug-likeness (QED) is 0.636.